The normalized spacial score (nSPS) is 9.56. The highest BCUT2D eigenvalue weighted by atomic mass is 79.9. The molecule has 0 aliphatic carbocycles. The van der Waals surface area contributed by atoms with Crippen molar-refractivity contribution in [3.8, 4) is 0 Å². The van der Waals surface area contributed by atoms with Gasteiger partial charge in [0.15, 0.2) is 0 Å². The second kappa shape index (κ2) is 2.92. The zero-order chi connectivity index (χ0) is 6.69. The molecular weight excluding hydrogens is 184 g/mol. The first-order valence-corrected chi connectivity index (χ1v) is 3.61. The Morgan fingerprint density at radius 1 is 1.67 bits per heavy atom. The minimum absolute atomic E-state index is 0.424. The van der Waals surface area contributed by atoms with Crippen LogP contribution in [0, 0.1) is 5.95 Å². The zero-order valence-electron chi connectivity index (χ0n) is 4.64. The molecule has 0 aliphatic rings. The minimum atomic E-state index is -0.424. The summed E-state index contributed by atoms with van der Waals surface area (Å²) < 4.78 is 12.2. The van der Waals surface area contributed by atoms with Crippen LogP contribution in [0.5, 0.6) is 0 Å². The molecule has 1 nitrogen and oxygen atoms in total. The van der Waals surface area contributed by atoms with Crippen LogP contribution in [0.3, 0.4) is 0 Å². The summed E-state index contributed by atoms with van der Waals surface area (Å²) in [6.45, 7) is 0. The van der Waals surface area contributed by atoms with Gasteiger partial charge in [0, 0.05) is 11.5 Å². The second-order valence-corrected chi connectivity index (χ2v) is 2.18. The maximum absolute atomic E-state index is 12.2. The van der Waals surface area contributed by atoms with Crippen molar-refractivity contribution in [2.45, 2.75) is 5.33 Å². The van der Waals surface area contributed by atoms with Crippen molar-refractivity contribution in [3.05, 3.63) is 29.8 Å². The molecule has 1 heterocycles. The van der Waals surface area contributed by atoms with Crippen LogP contribution in [0.2, 0.25) is 0 Å². The fraction of sp³-hybridized carbons (Fsp3) is 0.167. The highest BCUT2D eigenvalue weighted by Crippen LogP contribution is 2.04. The van der Waals surface area contributed by atoms with E-state index in [0.717, 1.165) is 5.56 Å². The summed E-state index contributed by atoms with van der Waals surface area (Å²) in [4.78, 5) is 3.40. The van der Waals surface area contributed by atoms with Gasteiger partial charge in [-0.25, -0.2) is 4.98 Å². The Hall–Kier alpha value is -0.440. The van der Waals surface area contributed by atoms with Crippen LogP contribution in [-0.4, -0.2) is 4.98 Å². The average molecular weight is 189 g/mol. The summed E-state index contributed by atoms with van der Waals surface area (Å²) in [6.07, 6.45) is 1.45. The molecule has 0 atom stereocenters. The Kier molecular flexibility index (Phi) is 2.16. The van der Waals surface area contributed by atoms with E-state index < -0.39 is 5.95 Å². The van der Waals surface area contributed by atoms with E-state index in [1.807, 2.05) is 0 Å². The predicted octanol–water partition coefficient (Wildman–Crippen LogP) is 2.12. The number of nitrogens with zero attached hydrogens (tertiary/aromatic N) is 1. The van der Waals surface area contributed by atoms with Crippen LogP contribution in [0.1, 0.15) is 5.56 Å². The number of alkyl halides is 1. The van der Waals surface area contributed by atoms with Crippen molar-refractivity contribution in [2.24, 2.45) is 0 Å². The second-order valence-electron chi connectivity index (χ2n) is 1.62. The largest absolute Gasteiger partial charge is 0.228 e. The van der Waals surface area contributed by atoms with Gasteiger partial charge in [0.25, 0.3) is 0 Å². The van der Waals surface area contributed by atoms with Crippen LogP contribution in [0.15, 0.2) is 18.3 Å². The average Bonchev–Trinajstić information content (AvgIpc) is 1.88. The monoisotopic (exact) mass is 188 g/mol. The third kappa shape index (κ3) is 1.75. The van der Waals surface area contributed by atoms with E-state index in [1.54, 1.807) is 6.07 Å². The van der Waals surface area contributed by atoms with Gasteiger partial charge in [-0.15, -0.1) is 0 Å². The van der Waals surface area contributed by atoms with E-state index in [-0.39, 0.29) is 0 Å². The summed E-state index contributed by atoms with van der Waals surface area (Å²) in [5.41, 5.74) is 0.905. The van der Waals surface area contributed by atoms with Crippen molar-refractivity contribution in [2.75, 3.05) is 0 Å². The van der Waals surface area contributed by atoms with Gasteiger partial charge < -0.3 is 0 Å². The van der Waals surface area contributed by atoms with Crippen LogP contribution in [0.25, 0.3) is 0 Å². The third-order valence-electron chi connectivity index (χ3n) is 0.945. The van der Waals surface area contributed by atoms with E-state index in [4.69, 9.17) is 0 Å². The lowest BCUT2D eigenvalue weighted by atomic mass is 10.3. The van der Waals surface area contributed by atoms with E-state index in [2.05, 4.69) is 20.9 Å². The molecule has 0 unspecified atom stereocenters. The van der Waals surface area contributed by atoms with Crippen LogP contribution < -0.4 is 0 Å². The fourth-order valence-electron chi connectivity index (χ4n) is 0.526. The summed E-state index contributed by atoms with van der Waals surface area (Å²) in [5.74, 6) is -0.424. The predicted molar refractivity (Wildman–Crippen MR) is 36.8 cm³/mol. The minimum Gasteiger partial charge on any atom is -0.228 e. The molecule has 1 aromatic rings. The zero-order valence-corrected chi connectivity index (χ0v) is 6.23. The Morgan fingerprint density at radius 3 is 2.89 bits per heavy atom. The van der Waals surface area contributed by atoms with E-state index >= 15 is 0 Å². The van der Waals surface area contributed by atoms with Gasteiger partial charge in [-0.05, 0) is 17.7 Å². The lowest BCUT2D eigenvalue weighted by Crippen LogP contribution is -1.83. The number of hydrogen-bond acceptors (Lipinski definition) is 1. The molecule has 0 N–H and O–H groups in total. The van der Waals surface area contributed by atoms with E-state index in [9.17, 15) is 4.39 Å². The molecule has 0 bridgehead atoms. The smallest absolute Gasteiger partial charge is 0.213 e. The van der Waals surface area contributed by atoms with Gasteiger partial charge >= 0.3 is 0 Å². The summed E-state index contributed by atoms with van der Waals surface area (Å²) in [7, 11) is 0. The lowest BCUT2D eigenvalue weighted by Gasteiger charge is -1.90. The molecule has 1 aromatic heterocycles. The molecule has 0 aromatic carbocycles. The topological polar surface area (TPSA) is 12.9 Å². The third-order valence-corrected chi connectivity index (χ3v) is 1.59. The summed E-state index contributed by atoms with van der Waals surface area (Å²) in [6, 6.07) is 3.16. The molecule has 0 spiro atoms. The molecule has 48 valence electrons. The van der Waals surface area contributed by atoms with E-state index in [0.29, 0.717) is 5.33 Å². The lowest BCUT2D eigenvalue weighted by molar-refractivity contribution is 0.582. The molecule has 0 amide bonds. The van der Waals surface area contributed by atoms with Gasteiger partial charge in [-0.2, -0.15) is 4.39 Å². The van der Waals surface area contributed by atoms with Gasteiger partial charge in [-0.3, -0.25) is 0 Å². The quantitative estimate of drug-likeness (QED) is 0.487. The van der Waals surface area contributed by atoms with Gasteiger partial charge in [0.05, 0.1) is 0 Å². The molecule has 0 saturated carbocycles. The van der Waals surface area contributed by atoms with Crippen LogP contribution in [0.4, 0.5) is 4.39 Å². The summed E-state index contributed by atoms with van der Waals surface area (Å²) >= 11 is 3.20. The summed E-state index contributed by atoms with van der Waals surface area (Å²) in [5, 5.41) is 0.673. The van der Waals surface area contributed by atoms with Crippen LogP contribution >= 0.6 is 15.9 Å². The molecule has 0 fully saturated rings. The SMILES string of the molecule is [18F]c1cc(CBr)ccn1. The first kappa shape index (κ1) is 6.68. The van der Waals surface area contributed by atoms with Gasteiger partial charge in [0.2, 0.25) is 5.95 Å². The van der Waals surface area contributed by atoms with Crippen molar-refractivity contribution < 1.29 is 4.39 Å². The maximum atomic E-state index is 12.2. The highest BCUT2D eigenvalue weighted by Gasteiger charge is 1.91. The Balaban J connectivity index is 2.94. The van der Waals surface area contributed by atoms with Crippen molar-refractivity contribution >= 4 is 15.9 Å². The Labute approximate surface area is 61.0 Å². The fourth-order valence-corrected chi connectivity index (χ4v) is 0.874. The highest BCUT2D eigenvalue weighted by molar-refractivity contribution is 9.08. The number of hydrogen-bond donors (Lipinski definition) is 0. The molecule has 0 aliphatic heterocycles. The van der Waals surface area contributed by atoms with Crippen LogP contribution in [-0.2, 0) is 5.33 Å². The number of pyridine rings is 1. The van der Waals surface area contributed by atoms with Gasteiger partial charge in [-0.1, -0.05) is 15.9 Å². The van der Waals surface area contributed by atoms with Crippen molar-refractivity contribution in [1.82, 2.24) is 4.98 Å². The standard InChI is InChI=1S/C6H5BrFN/c7-4-5-1-2-9-6(8)3-5/h1-3H,4H2/i8-1. The van der Waals surface area contributed by atoms with Crippen molar-refractivity contribution in [3.63, 3.8) is 0 Å². The van der Waals surface area contributed by atoms with E-state index in [1.165, 1.54) is 12.3 Å². The maximum Gasteiger partial charge on any atom is 0.213 e. The molecular formula is C6H5BrFN. The van der Waals surface area contributed by atoms with Gasteiger partial charge in [0.1, 0.15) is 0 Å². The first-order chi connectivity index (χ1) is 4.33. The molecule has 9 heavy (non-hydrogen) atoms. The molecule has 0 radical (unpaired) electrons. The Morgan fingerprint density at radius 2 is 2.44 bits per heavy atom. The number of aromatic nitrogens is 1. The first-order valence-electron chi connectivity index (χ1n) is 2.49. The Bertz CT molecular complexity index is 202. The number of rotatable bonds is 1. The number of halogens is 2. The molecule has 3 heteroatoms. The van der Waals surface area contributed by atoms with Crippen molar-refractivity contribution in [1.29, 1.82) is 0 Å². The molecule has 0 saturated heterocycles. The molecule has 1 rings (SSSR count).